The van der Waals surface area contributed by atoms with Gasteiger partial charge in [0.05, 0.1) is 10.7 Å². The fraction of sp³-hybridized carbons (Fsp3) is 0.222. The SMILES string of the molecule is Cc1cccc(NC(=O)C2(C(=O)Nc3ccc(Cl)cc3Cl)CC2)c1. The Hall–Kier alpha value is -2.04. The summed E-state index contributed by atoms with van der Waals surface area (Å²) >= 11 is 11.9. The van der Waals surface area contributed by atoms with Gasteiger partial charge in [-0.3, -0.25) is 9.59 Å². The van der Waals surface area contributed by atoms with E-state index in [-0.39, 0.29) is 11.8 Å². The third kappa shape index (κ3) is 3.40. The second kappa shape index (κ2) is 6.46. The smallest absolute Gasteiger partial charge is 0.240 e. The van der Waals surface area contributed by atoms with E-state index in [1.165, 1.54) is 0 Å². The van der Waals surface area contributed by atoms with Crippen LogP contribution in [0.15, 0.2) is 42.5 Å². The monoisotopic (exact) mass is 362 g/mol. The van der Waals surface area contributed by atoms with Crippen LogP contribution >= 0.6 is 23.2 Å². The number of hydrogen-bond donors (Lipinski definition) is 2. The highest BCUT2D eigenvalue weighted by Gasteiger charge is 2.56. The van der Waals surface area contributed by atoms with E-state index >= 15 is 0 Å². The Balaban J connectivity index is 1.73. The van der Waals surface area contributed by atoms with Crippen LogP contribution in [-0.4, -0.2) is 11.8 Å². The summed E-state index contributed by atoms with van der Waals surface area (Å²) in [6.45, 7) is 1.94. The lowest BCUT2D eigenvalue weighted by molar-refractivity contribution is -0.131. The van der Waals surface area contributed by atoms with Crippen molar-refractivity contribution in [1.29, 1.82) is 0 Å². The van der Waals surface area contributed by atoms with Crippen LogP contribution in [0.5, 0.6) is 0 Å². The summed E-state index contributed by atoms with van der Waals surface area (Å²) in [5.41, 5.74) is 1.13. The third-order valence-electron chi connectivity index (χ3n) is 4.07. The van der Waals surface area contributed by atoms with E-state index in [1.54, 1.807) is 24.3 Å². The highest BCUT2D eigenvalue weighted by Crippen LogP contribution is 2.47. The molecule has 2 aromatic rings. The molecule has 24 heavy (non-hydrogen) atoms. The number of carbonyl (C=O) groups excluding carboxylic acids is 2. The molecule has 1 fully saturated rings. The highest BCUT2D eigenvalue weighted by molar-refractivity contribution is 6.37. The Kier molecular flexibility index (Phi) is 4.52. The van der Waals surface area contributed by atoms with Crippen LogP contribution in [0.4, 0.5) is 11.4 Å². The lowest BCUT2D eigenvalue weighted by Crippen LogP contribution is -2.35. The summed E-state index contributed by atoms with van der Waals surface area (Å²) < 4.78 is 0. The van der Waals surface area contributed by atoms with E-state index in [2.05, 4.69) is 10.6 Å². The van der Waals surface area contributed by atoms with Crippen LogP contribution in [0.2, 0.25) is 10.0 Å². The van der Waals surface area contributed by atoms with Gasteiger partial charge in [0.25, 0.3) is 0 Å². The summed E-state index contributed by atoms with van der Waals surface area (Å²) in [6.07, 6.45) is 1.03. The number of hydrogen-bond acceptors (Lipinski definition) is 2. The predicted octanol–water partition coefficient (Wildman–Crippen LogP) is 4.66. The average molecular weight is 363 g/mol. The molecule has 1 aliphatic carbocycles. The number of amides is 2. The second-order valence-corrected chi connectivity index (χ2v) is 6.83. The maximum Gasteiger partial charge on any atom is 0.240 e. The number of carbonyl (C=O) groups is 2. The molecule has 1 saturated carbocycles. The summed E-state index contributed by atoms with van der Waals surface area (Å²) in [5, 5.41) is 6.37. The topological polar surface area (TPSA) is 58.2 Å². The fourth-order valence-electron chi connectivity index (χ4n) is 2.49. The van der Waals surface area contributed by atoms with Gasteiger partial charge in [0, 0.05) is 10.7 Å². The van der Waals surface area contributed by atoms with E-state index in [0.717, 1.165) is 5.56 Å². The fourth-order valence-corrected chi connectivity index (χ4v) is 2.94. The van der Waals surface area contributed by atoms with E-state index in [4.69, 9.17) is 23.2 Å². The summed E-state index contributed by atoms with van der Waals surface area (Å²) in [7, 11) is 0. The molecule has 6 heteroatoms. The molecule has 0 saturated heterocycles. The number of rotatable bonds is 4. The molecule has 2 N–H and O–H groups in total. The van der Waals surface area contributed by atoms with Gasteiger partial charge < -0.3 is 10.6 Å². The zero-order valence-electron chi connectivity index (χ0n) is 13.0. The number of nitrogens with one attached hydrogen (secondary N) is 2. The zero-order valence-corrected chi connectivity index (χ0v) is 14.5. The van der Waals surface area contributed by atoms with E-state index in [9.17, 15) is 9.59 Å². The van der Waals surface area contributed by atoms with Crippen molar-refractivity contribution in [2.24, 2.45) is 5.41 Å². The Morgan fingerprint density at radius 2 is 1.71 bits per heavy atom. The maximum atomic E-state index is 12.6. The molecule has 0 heterocycles. The molecule has 0 spiro atoms. The quantitative estimate of drug-likeness (QED) is 0.777. The van der Waals surface area contributed by atoms with Crippen molar-refractivity contribution >= 4 is 46.4 Å². The summed E-state index contributed by atoms with van der Waals surface area (Å²) in [4.78, 5) is 25.1. The Labute approximate surface area is 150 Å². The molecule has 2 aromatic carbocycles. The normalized spacial score (nSPS) is 14.8. The van der Waals surface area contributed by atoms with Crippen LogP contribution in [0.1, 0.15) is 18.4 Å². The standard InChI is InChI=1S/C18H16Cl2N2O2/c1-11-3-2-4-13(9-11)21-16(23)18(7-8-18)17(24)22-15-6-5-12(19)10-14(15)20/h2-6,9-10H,7-8H2,1H3,(H,21,23)(H,22,24). The molecule has 1 aliphatic rings. The molecule has 0 unspecified atom stereocenters. The first kappa shape index (κ1) is 16.8. The van der Waals surface area contributed by atoms with Gasteiger partial charge in [-0.2, -0.15) is 0 Å². The first-order chi connectivity index (χ1) is 11.4. The van der Waals surface area contributed by atoms with E-state index < -0.39 is 5.41 Å². The zero-order chi connectivity index (χ0) is 17.3. The molecule has 2 amide bonds. The molecule has 4 nitrogen and oxygen atoms in total. The Bertz CT molecular complexity index is 816. The summed E-state index contributed by atoms with van der Waals surface area (Å²) in [6, 6.07) is 12.3. The number of halogens is 2. The molecule has 0 radical (unpaired) electrons. The molecular weight excluding hydrogens is 347 g/mol. The van der Waals surface area contributed by atoms with Gasteiger partial charge in [-0.05, 0) is 55.7 Å². The van der Waals surface area contributed by atoms with E-state index in [1.807, 2.05) is 25.1 Å². The van der Waals surface area contributed by atoms with Crippen molar-refractivity contribution in [2.75, 3.05) is 10.6 Å². The van der Waals surface area contributed by atoms with Crippen molar-refractivity contribution in [2.45, 2.75) is 19.8 Å². The lowest BCUT2D eigenvalue weighted by atomic mass is 10.0. The highest BCUT2D eigenvalue weighted by atomic mass is 35.5. The van der Waals surface area contributed by atoms with Gasteiger partial charge in [-0.25, -0.2) is 0 Å². The van der Waals surface area contributed by atoms with Crippen molar-refractivity contribution < 1.29 is 9.59 Å². The predicted molar refractivity (Wildman–Crippen MR) is 96.6 cm³/mol. The second-order valence-electron chi connectivity index (χ2n) is 5.98. The van der Waals surface area contributed by atoms with E-state index in [0.29, 0.717) is 34.3 Å². The van der Waals surface area contributed by atoms with Crippen molar-refractivity contribution in [3.8, 4) is 0 Å². The van der Waals surface area contributed by atoms with Gasteiger partial charge in [0.1, 0.15) is 5.41 Å². The third-order valence-corrected chi connectivity index (χ3v) is 4.62. The van der Waals surface area contributed by atoms with Crippen LogP contribution < -0.4 is 10.6 Å². The van der Waals surface area contributed by atoms with Crippen LogP contribution in [-0.2, 0) is 9.59 Å². The van der Waals surface area contributed by atoms with Gasteiger partial charge in [-0.1, -0.05) is 35.3 Å². The number of aryl methyl sites for hydroxylation is 1. The van der Waals surface area contributed by atoms with Crippen LogP contribution in [0, 0.1) is 12.3 Å². The molecular formula is C18H16Cl2N2O2. The minimum absolute atomic E-state index is 0.296. The van der Waals surface area contributed by atoms with Gasteiger partial charge >= 0.3 is 0 Å². The average Bonchev–Trinajstić information content (AvgIpc) is 3.32. The van der Waals surface area contributed by atoms with Crippen molar-refractivity contribution in [1.82, 2.24) is 0 Å². The number of benzene rings is 2. The first-order valence-corrected chi connectivity index (χ1v) is 8.31. The largest absolute Gasteiger partial charge is 0.325 e. The van der Waals surface area contributed by atoms with Crippen molar-refractivity contribution in [3.63, 3.8) is 0 Å². The minimum Gasteiger partial charge on any atom is -0.325 e. The molecule has 124 valence electrons. The maximum absolute atomic E-state index is 12.6. The van der Waals surface area contributed by atoms with Crippen LogP contribution in [0.3, 0.4) is 0 Å². The Morgan fingerprint density at radius 1 is 1.00 bits per heavy atom. The first-order valence-electron chi connectivity index (χ1n) is 7.55. The van der Waals surface area contributed by atoms with Gasteiger partial charge in [0.15, 0.2) is 0 Å². The molecule has 0 aliphatic heterocycles. The molecule has 0 atom stereocenters. The van der Waals surface area contributed by atoms with Gasteiger partial charge in [-0.15, -0.1) is 0 Å². The molecule has 0 aromatic heterocycles. The molecule has 3 rings (SSSR count). The van der Waals surface area contributed by atoms with Gasteiger partial charge in [0.2, 0.25) is 11.8 Å². The minimum atomic E-state index is -1.04. The summed E-state index contributed by atoms with van der Waals surface area (Å²) in [5.74, 6) is -0.646. The lowest BCUT2D eigenvalue weighted by Gasteiger charge is -2.16. The molecule has 0 bridgehead atoms. The number of anilines is 2. The van der Waals surface area contributed by atoms with Crippen molar-refractivity contribution in [3.05, 3.63) is 58.1 Å². The Morgan fingerprint density at radius 3 is 2.33 bits per heavy atom. The van der Waals surface area contributed by atoms with Crippen LogP contribution in [0.25, 0.3) is 0 Å².